The van der Waals surface area contributed by atoms with Crippen molar-refractivity contribution in [2.24, 2.45) is 0 Å². The molecule has 0 saturated heterocycles. The first-order valence-corrected chi connectivity index (χ1v) is 20.9. The van der Waals surface area contributed by atoms with Crippen LogP contribution in [0.2, 0.25) is 0 Å². The average molecular weight is 784 g/mol. The van der Waals surface area contributed by atoms with Crippen molar-refractivity contribution < 1.29 is 4.42 Å². The molecular formula is C55H33N3OS. The Hall–Kier alpha value is -7.73. The highest BCUT2D eigenvalue weighted by Gasteiger charge is 2.19. The fourth-order valence-electron chi connectivity index (χ4n) is 8.55. The molecule has 0 atom stereocenters. The number of rotatable bonds is 6. The van der Waals surface area contributed by atoms with Crippen LogP contribution in [-0.2, 0) is 0 Å². The van der Waals surface area contributed by atoms with E-state index in [4.69, 9.17) is 19.4 Å². The van der Waals surface area contributed by atoms with Gasteiger partial charge in [-0.25, -0.2) is 15.0 Å². The zero-order valence-electron chi connectivity index (χ0n) is 32.2. The smallest absolute Gasteiger partial charge is 0.160 e. The number of thiophene rings is 1. The molecule has 12 rings (SSSR count). The molecule has 0 amide bonds. The summed E-state index contributed by atoms with van der Waals surface area (Å²) in [6, 6.07) is 70.1. The van der Waals surface area contributed by atoms with Gasteiger partial charge in [-0.3, -0.25) is 0 Å². The van der Waals surface area contributed by atoms with Crippen molar-refractivity contribution in [1.29, 1.82) is 0 Å². The fourth-order valence-corrected chi connectivity index (χ4v) is 9.78. The standard InChI is InChI=1S/C55H33N3OS/c1-3-12-36(13-4-1)46-33-47(37-14-5-2-6-15-37)58-55(57-46)39-28-24-35(25-29-39)34-22-26-38(27-23-34)52-54-51(45-17-8-10-21-50(45)60-54)44-31-30-40(32-48(44)56-52)41-18-11-19-43-42-16-7-9-20-49(42)59-53(41)43/h1-33H. The van der Waals surface area contributed by atoms with Gasteiger partial charge < -0.3 is 4.42 Å². The number of aromatic nitrogens is 3. The second-order valence-corrected chi connectivity index (χ2v) is 16.2. The molecule has 60 heavy (non-hydrogen) atoms. The van der Waals surface area contributed by atoms with Crippen LogP contribution in [0.3, 0.4) is 0 Å². The molecular weight excluding hydrogens is 751 g/mol. The largest absolute Gasteiger partial charge is 0.455 e. The molecule has 12 aromatic rings. The number of hydrogen-bond donors (Lipinski definition) is 0. The van der Waals surface area contributed by atoms with Gasteiger partial charge in [-0.15, -0.1) is 11.3 Å². The summed E-state index contributed by atoms with van der Waals surface area (Å²) in [4.78, 5) is 15.5. The number of para-hydroxylation sites is 2. The molecule has 0 saturated carbocycles. The van der Waals surface area contributed by atoms with E-state index in [1.807, 2.05) is 59.9 Å². The van der Waals surface area contributed by atoms with Crippen molar-refractivity contribution in [1.82, 2.24) is 15.0 Å². The van der Waals surface area contributed by atoms with Crippen LogP contribution in [0.25, 0.3) is 120 Å². The first kappa shape index (κ1) is 34.3. The third-order valence-corrected chi connectivity index (χ3v) is 12.7. The van der Waals surface area contributed by atoms with E-state index in [0.29, 0.717) is 5.82 Å². The van der Waals surface area contributed by atoms with Crippen LogP contribution in [0, 0.1) is 0 Å². The molecule has 0 spiro atoms. The Balaban J connectivity index is 0.928. The van der Waals surface area contributed by atoms with E-state index in [2.05, 4.69) is 152 Å². The maximum atomic E-state index is 6.45. The average Bonchev–Trinajstić information content (AvgIpc) is 3.91. The van der Waals surface area contributed by atoms with Crippen LogP contribution in [-0.4, -0.2) is 15.0 Å². The van der Waals surface area contributed by atoms with Gasteiger partial charge >= 0.3 is 0 Å². The van der Waals surface area contributed by atoms with E-state index in [-0.39, 0.29) is 0 Å². The Morgan fingerprint density at radius 1 is 0.383 bits per heavy atom. The summed E-state index contributed by atoms with van der Waals surface area (Å²) >= 11 is 1.81. The van der Waals surface area contributed by atoms with Crippen LogP contribution in [0.1, 0.15) is 0 Å². The molecule has 0 bridgehead atoms. The Morgan fingerprint density at radius 3 is 1.68 bits per heavy atom. The van der Waals surface area contributed by atoms with E-state index >= 15 is 0 Å². The quantitative estimate of drug-likeness (QED) is 0.169. The lowest BCUT2D eigenvalue weighted by Gasteiger charge is -2.11. The SMILES string of the molecule is c1ccc(-c2cc(-c3ccccc3)nc(-c3ccc(-c4ccc(-c5nc6cc(-c7cccc8c7oc7ccccc78)ccc6c6c5sc5ccccc56)cc4)cc3)n2)cc1. The highest BCUT2D eigenvalue weighted by atomic mass is 32.1. The predicted molar refractivity (Wildman–Crippen MR) is 250 cm³/mol. The lowest BCUT2D eigenvalue weighted by Crippen LogP contribution is -1.95. The van der Waals surface area contributed by atoms with Gasteiger partial charge in [0.25, 0.3) is 0 Å². The normalized spacial score (nSPS) is 11.7. The van der Waals surface area contributed by atoms with Gasteiger partial charge in [0.2, 0.25) is 0 Å². The summed E-state index contributed by atoms with van der Waals surface area (Å²) in [6.45, 7) is 0. The van der Waals surface area contributed by atoms with Crippen LogP contribution in [0.4, 0.5) is 0 Å². The molecule has 0 aliphatic rings. The maximum absolute atomic E-state index is 6.45. The van der Waals surface area contributed by atoms with Crippen molar-refractivity contribution in [3.8, 4) is 67.4 Å². The first-order valence-electron chi connectivity index (χ1n) is 20.1. The van der Waals surface area contributed by atoms with Crippen molar-refractivity contribution >= 4 is 64.4 Å². The highest BCUT2D eigenvalue weighted by Crippen LogP contribution is 2.44. The number of pyridine rings is 1. The maximum Gasteiger partial charge on any atom is 0.160 e. The second-order valence-electron chi connectivity index (χ2n) is 15.1. The number of fused-ring (bicyclic) bond motifs is 8. The molecule has 280 valence electrons. The third-order valence-electron chi connectivity index (χ3n) is 11.5. The molecule has 4 heterocycles. The van der Waals surface area contributed by atoms with Gasteiger partial charge in [0.05, 0.1) is 27.3 Å². The molecule has 4 nitrogen and oxygen atoms in total. The molecule has 0 radical (unpaired) electrons. The minimum absolute atomic E-state index is 0.698. The lowest BCUT2D eigenvalue weighted by molar-refractivity contribution is 0.670. The number of hydrogen-bond acceptors (Lipinski definition) is 5. The van der Waals surface area contributed by atoms with Gasteiger partial charge in [0.1, 0.15) is 11.2 Å². The summed E-state index contributed by atoms with van der Waals surface area (Å²) in [7, 11) is 0. The number of furan rings is 1. The van der Waals surface area contributed by atoms with Crippen LogP contribution >= 0.6 is 11.3 Å². The van der Waals surface area contributed by atoms with Gasteiger partial charge in [0, 0.05) is 59.4 Å². The zero-order chi connectivity index (χ0) is 39.6. The summed E-state index contributed by atoms with van der Waals surface area (Å²) in [5.41, 5.74) is 14.1. The molecule has 0 unspecified atom stereocenters. The van der Waals surface area contributed by atoms with E-state index in [1.165, 1.54) is 20.2 Å². The minimum Gasteiger partial charge on any atom is -0.455 e. The van der Waals surface area contributed by atoms with Gasteiger partial charge in [-0.2, -0.15) is 0 Å². The zero-order valence-corrected chi connectivity index (χ0v) is 33.0. The minimum atomic E-state index is 0.698. The molecule has 5 heteroatoms. The van der Waals surface area contributed by atoms with Gasteiger partial charge in [0.15, 0.2) is 5.82 Å². The van der Waals surface area contributed by atoms with E-state index < -0.39 is 0 Å². The Bertz CT molecular complexity index is 3520. The molecule has 0 aliphatic heterocycles. The van der Waals surface area contributed by atoms with Gasteiger partial charge in [-0.1, -0.05) is 176 Å². The van der Waals surface area contributed by atoms with Crippen LogP contribution in [0.5, 0.6) is 0 Å². The molecule has 8 aromatic carbocycles. The Labute approximate surface area is 349 Å². The third kappa shape index (κ3) is 5.78. The van der Waals surface area contributed by atoms with Crippen molar-refractivity contribution in [3.05, 3.63) is 200 Å². The Kier molecular flexibility index (Phi) is 8.00. The van der Waals surface area contributed by atoms with Crippen molar-refractivity contribution in [3.63, 3.8) is 0 Å². The van der Waals surface area contributed by atoms with Crippen LogP contribution < -0.4 is 0 Å². The van der Waals surface area contributed by atoms with Gasteiger partial charge in [-0.05, 0) is 41.0 Å². The Morgan fingerprint density at radius 2 is 0.967 bits per heavy atom. The summed E-state index contributed by atoms with van der Waals surface area (Å²) in [5, 5.41) is 5.90. The number of benzene rings is 8. The second kappa shape index (κ2) is 14.0. The summed E-state index contributed by atoms with van der Waals surface area (Å²) in [5.74, 6) is 0.698. The monoisotopic (exact) mass is 783 g/mol. The van der Waals surface area contributed by atoms with Crippen molar-refractivity contribution in [2.75, 3.05) is 0 Å². The highest BCUT2D eigenvalue weighted by molar-refractivity contribution is 7.26. The van der Waals surface area contributed by atoms with E-state index in [1.54, 1.807) is 0 Å². The predicted octanol–water partition coefficient (Wildman–Crippen LogP) is 15.3. The topological polar surface area (TPSA) is 51.8 Å². The van der Waals surface area contributed by atoms with Crippen LogP contribution in [0.15, 0.2) is 205 Å². The molecule has 0 N–H and O–H groups in total. The van der Waals surface area contributed by atoms with E-state index in [0.717, 1.165) is 94.4 Å². The fraction of sp³-hybridized carbons (Fsp3) is 0. The van der Waals surface area contributed by atoms with Crippen molar-refractivity contribution in [2.45, 2.75) is 0 Å². The first-order chi connectivity index (χ1) is 29.7. The summed E-state index contributed by atoms with van der Waals surface area (Å²) in [6.07, 6.45) is 0. The molecule has 0 fully saturated rings. The molecule has 4 aromatic heterocycles. The lowest BCUT2D eigenvalue weighted by atomic mass is 9.97. The van der Waals surface area contributed by atoms with E-state index in [9.17, 15) is 0 Å². The summed E-state index contributed by atoms with van der Waals surface area (Å²) < 4.78 is 8.90. The molecule has 0 aliphatic carbocycles. The number of nitrogens with zero attached hydrogens (tertiary/aromatic N) is 3.